The summed E-state index contributed by atoms with van der Waals surface area (Å²) in [5.41, 5.74) is 2.85. The zero-order chi connectivity index (χ0) is 18.4. The third-order valence-corrected chi connectivity index (χ3v) is 5.21. The van der Waals surface area contributed by atoms with Crippen molar-refractivity contribution in [3.8, 4) is 11.1 Å². The van der Waals surface area contributed by atoms with Gasteiger partial charge in [0.1, 0.15) is 0 Å². The highest BCUT2D eigenvalue weighted by Gasteiger charge is 2.35. The summed E-state index contributed by atoms with van der Waals surface area (Å²) in [6.45, 7) is 2.07. The Kier molecular flexibility index (Phi) is 5.91. The number of nitrogens with one attached hydrogen (secondary N) is 2. The molecule has 1 fully saturated rings. The number of benzene rings is 2. The molecule has 0 radical (unpaired) electrons. The highest BCUT2D eigenvalue weighted by molar-refractivity contribution is 5.94. The zero-order valence-electron chi connectivity index (χ0n) is 15.5. The number of hydrogen-bond donors (Lipinski definition) is 2. The second-order valence-corrected chi connectivity index (χ2v) is 6.95. The van der Waals surface area contributed by atoms with Crippen LogP contribution in [0.5, 0.6) is 0 Å². The van der Waals surface area contributed by atoms with Crippen molar-refractivity contribution in [1.82, 2.24) is 10.2 Å². The van der Waals surface area contributed by atoms with E-state index in [4.69, 9.17) is 4.74 Å². The summed E-state index contributed by atoms with van der Waals surface area (Å²) in [4.78, 5) is 14.7. The normalized spacial score (nSPS) is 16.3. The first-order valence-corrected chi connectivity index (χ1v) is 9.05. The van der Waals surface area contributed by atoms with Crippen molar-refractivity contribution < 1.29 is 9.53 Å². The van der Waals surface area contributed by atoms with E-state index >= 15 is 0 Å². The first-order valence-electron chi connectivity index (χ1n) is 9.05. The van der Waals surface area contributed by atoms with Crippen LogP contribution < -0.4 is 10.6 Å². The molecule has 2 aromatic carbocycles. The van der Waals surface area contributed by atoms with Crippen LogP contribution in [0.2, 0.25) is 0 Å². The molecule has 1 heterocycles. The second-order valence-electron chi connectivity index (χ2n) is 6.95. The van der Waals surface area contributed by atoms with Gasteiger partial charge in [-0.2, -0.15) is 0 Å². The topological polar surface area (TPSA) is 53.6 Å². The summed E-state index contributed by atoms with van der Waals surface area (Å²) >= 11 is 0. The smallest absolute Gasteiger partial charge is 0.319 e. The van der Waals surface area contributed by atoms with Gasteiger partial charge in [-0.15, -0.1) is 0 Å². The Morgan fingerprint density at radius 2 is 1.69 bits per heavy atom. The van der Waals surface area contributed by atoms with Crippen LogP contribution in [0.3, 0.4) is 0 Å². The minimum absolute atomic E-state index is 0.0471. The summed E-state index contributed by atoms with van der Waals surface area (Å²) < 4.78 is 5.49. The van der Waals surface area contributed by atoms with E-state index in [-0.39, 0.29) is 11.6 Å². The van der Waals surface area contributed by atoms with Crippen LogP contribution in [0.25, 0.3) is 11.1 Å². The van der Waals surface area contributed by atoms with Crippen molar-refractivity contribution in [1.29, 1.82) is 0 Å². The summed E-state index contributed by atoms with van der Waals surface area (Å²) in [5, 5.41) is 6.06. The predicted molar refractivity (Wildman–Crippen MR) is 105 cm³/mol. The molecular weight excluding hydrogens is 326 g/mol. The molecule has 3 rings (SSSR count). The average Bonchev–Trinajstić information content (AvgIpc) is 2.68. The minimum Gasteiger partial charge on any atom is -0.381 e. The number of rotatable bonds is 5. The maximum absolute atomic E-state index is 12.5. The van der Waals surface area contributed by atoms with Crippen molar-refractivity contribution in [2.24, 2.45) is 0 Å². The maximum Gasteiger partial charge on any atom is 0.319 e. The lowest BCUT2D eigenvalue weighted by Gasteiger charge is -2.42. The molecule has 0 bridgehead atoms. The number of amides is 2. The van der Waals surface area contributed by atoms with Crippen LogP contribution in [-0.4, -0.2) is 50.3 Å². The molecule has 2 aromatic rings. The number of para-hydroxylation sites is 1. The number of likely N-dealkylation sites (N-methyl/N-ethyl adjacent to an activating group) is 1. The molecule has 1 saturated heterocycles. The van der Waals surface area contributed by atoms with Gasteiger partial charge < -0.3 is 20.3 Å². The molecule has 138 valence electrons. The quantitative estimate of drug-likeness (QED) is 0.864. The van der Waals surface area contributed by atoms with E-state index < -0.39 is 0 Å². The molecule has 2 amide bonds. The monoisotopic (exact) mass is 353 g/mol. The summed E-state index contributed by atoms with van der Waals surface area (Å²) in [6, 6.07) is 17.8. The van der Waals surface area contributed by atoms with Crippen molar-refractivity contribution in [2.45, 2.75) is 18.4 Å². The number of carbonyl (C=O) groups excluding carboxylic acids is 1. The van der Waals surface area contributed by atoms with Crippen LogP contribution >= 0.6 is 0 Å². The fourth-order valence-corrected chi connectivity index (χ4v) is 3.41. The van der Waals surface area contributed by atoms with Gasteiger partial charge in [0, 0.05) is 30.9 Å². The summed E-state index contributed by atoms with van der Waals surface area (Å²) in [5.74, 6) is 0. The first kappa shape index (κ1) is 18.4. The summed E-state index contributed by atoms with van der Waals surface area (Å²) in [7, 11) is 4.13. The van der Waals surface area contributed by atoms with Crippen LogP contribution in [0.1, 0.15) is 12.8 Å². The van der Waals surface area contributed by atoms with Crippen molar-refractivity contribution in [3.05, 3.63) is 54.6 Å². The van der Waals surface area contributed by atoms with Crippen LogP contribution in [0.4, 0.5) is 10.5 Å². The molecular formula is C21H27N3O2. The largest absolute Gasteiger partial charge is 0.381 e. The standard InChI is InChI=1S/C21H27N3O2/c1-24(2)21(12-14-26-15-13-21)16-22-20(25)23-19-11-7-6-10-18(19)17-8-4-3-5-9-17/h3-11H,12-16H2,1-2H3,(H2,22,23,25). The van der Waals surface area contributed by atoms with Gasteiger partial charge in [-0.05, 0) is 38.6 Å². The molecule has 2 N–H and O–H groups in total. The fraction of sp³-hybridized carbons (Fsp3) is 0.381. The number of hydrogen-bond acceptors (Lipinski definition) is 3. The van der Waals surface area contributed by atoms with Gasteiger partial charge in [-0.1, -0.05) is 48.5 Å². The second kappa shape index (κ2) is 8.34. The van der Waals surface area contributed by atoms with E-state index in [0.29, 0.717) is 6.54 Å². The number of nitrogens with zero attached hydrogens (tertiary/aromatic N) is 1. The van der Waals surface area contributed by atoms with Gasteiger partial charge in [-0.25, -0.2) is 4.79 Å². The highest BCUT2D eigenvalue weighted by Crippen LogP contribution is 2.28. The fourth-order valence-electron chi connectivity index (χ4n) is 3.41. The maximum atomic E-state index is 12.5. The zero-order valence-corrected chi connectivity index (χ0v) is 15.5. The molecule has 0 saturated carbocycles. The average molecular weight is 353 g/mol. The summed E-state index contributed by atoms with van der Waals surface area (Å²) in [6.07, 6.45) is 1.84. The Hall–Kier alpha value is -2.37. The van der Waals surface area contributed by atoms with Gasteiger partial charge in [0.2, 0.25) is 0 Å². The highest BCUT2D eigenvalue weighted by atomic mass is 16.5. The molecule has 0 unspecified atom stereocenters. The Labute approximate surface area is 155 Å². The van der Waals surface area contributed by atoms with Gasteiger partial charge in [0.25, 0.3) is 0 Å². The number of urea groups is 1. The Bertz CT molecular complexity index is 725. The lowest BCUT2D eigenvalue weighted by molar-refractivity contribution is -0.00553. The number of anilines is 1. The van der Waals surface area contributed by atoms with Gasteiger partial charge >= 0.3 is 6.03 Å². The Balaban J connectivity index is 1.67. The van der Waals surface area contributed by atoms with E-state index in [1.165, 1.54) is 0 Å². The first-order chi connectivity index (χ1) is 12.6. The Morgan fingerprint density at radius 3 is 2.38 bits per heavy atom. The third kappa shape index (κ3) is 4.23. The molecule has 0 aliphatic carbocycles. The molecule has 0 atom stereocenters. The van der Waals surface area contributed by atoms with E-state index in [9.17, 15) is 4.79 Å². The van der Waals surface area contributed by atoms with Crippen molar-refractivity contribution in [2.75, 3.05) is 39.2 Å². The SMILES string of the molecule is CN(C)C1(CNC(=O)Nc2ccccc2-c2ccccc2)CCOCC1. The lowest BCUT2D eigenvalue weighted by Crippen LogP contribution is -2.56. The van der Waals surface area contributed by atoms with E-state index in [1.54, 1.807) is 0 Å². The number of ether oxygens (including phenoxy) is 1. The van der Waals surface area contributed by atoms with Crippen LogP contribution in [0.15, 0.2) is 54.6 Å². The van der Waals surface area contributed by atoms with Crippen LogP contribution in [0, 0.1) is 0 Å². The van der Waals surface area contributed by atoms with Gasteiger partial charge in [0.15, 0.2) is 0 Å². The molecule has 26 heavy (non-hydrogen) atoms. The molecule has 1 aliphatic rings. The van der Waals surface area contributed by atoms with E-state index in [0.717, 1.165) is 42.9 Å². The van der Waals surface area contributed by atoms with Crippen LogP contribution in [-0.2, 0) is 4.74 Å². The lowest BCUT2D eigenvalue weighted by atomic mass is 9.88. The molecule has 0 spiro atoms. The van der Waals surface area contributed by atoms with Crippen molar-refractivity contribution in [3.63, 3.8) is 0 Å². The van der Waals surface area contributed by atoms with Gasteiger partial charge in [-0.3, -0.25) is 0 Å². The van der Waals surface area contributed by atoms with Gasteiger partial charge in [0.05, 0.1) is 5.69 Å². The number of carbonyl (C=O) groups is 1. The van der Waals surface area contributed by atoms with Crippen molar-refractivity contribution >= 4 is 11.7 Å². The predicted octanol–water partition coefficient (Wildman–Crippen LogP) is 3.59. The Morgan fingerprint density at radius 1 is 1.04 bits per heavy atom. The van der Waals surface area contributed by atoms with E-state index in [2.05, 4.69) is 29.6 Å². The molecule has 5 heteroatoms. The third-order valence-electron chi connectivity index (χ3n) is 5.21. The minimum atomic E-state index is -0.180. The van der Waals surface area contributed by atoms with E-state index in [1.807, 2.05) is 54.6 Å². The molecule has 5 nitrogen and oxygen atoms in total. The molecule has 1 aliphatic heterocycles. The molecule has 0 aromatic heterocycles.